The van der Waals surface area contributed by atoms with E-state index in [0.29, 0.717) is 27.9 Å². The van der Waals surface area contributed by atoms with Gasteiger partial charge in [0.05, 0.1) is 29.1 Å². The Labute approximate surface area is 149 Å². The molecular weight excluding hydrogens is 340 g/mol. The van der Waals surface area contributed by atoms with Crippen molar-refractivity contribution in [1.82, 2.24) is 9.97 Å². The third-order valence-corrected chi connectivity index (χ3v) is 3.73. The largest absolute Gasteiger partial charge is 0.465 e. The number of anilines is 4. The number of aromatic nitrogens is 2. The molecule has 1 aromatic heterocycles. The number of nitrogens with one attached hydrogen (secondary N) is 2. The second kappa shape index (κ2) is 7.63. The topological polar surface area (TPSA) is 76.1 Å². The number of hydrogen-bond donors (Lipinski definition) is 2. The zero-order valence-corrected chi connectivity index (χ0v) is 14.1. The van der Waals surface area contributed by atoms with Crippen molar-refractivity contribution in [2.45, 2.75) is 0 Å². The quantitative estimate of drug-likeness (QED) is 0.661. The van der Waals surface area contributed by atoms with Gasteiger partial charge in [0, 0.05) is 6.07 Å². The number of carbonyl (C=O) groups excluding carboxylic acids is 1. The SMILES string of the molecule is COC(=O)c1ccccc1Nc1cc(Nc2ccccc2Cl)ncn1. The summed E-state index contributed by atoms with van der Waals surface area (Å²) >= 11 is 6.14. The zero-order chi connectivity index (χ0) is 17.6. The molecule has 2 N–H and O–H groups in total. The van der Waals surface area contributed by atoms with Gasteiger partial charge in [0.15, 0.2) is 0 Å². The highest BCUT2D eigenvalue weighted by molar-refractivity contribution is 6.33. The van der Waals surface area contributed by atoms with Crippen molar-refractivity contribution in [3.63, 3.8) is 0 Å². The van der Waals surface area contributed by atoms with Crippen molar-refractivity contribution in [2.75, 3.05) is 17.7 Å². The molecule has 0 fully saturated rings. The van der Waals surface area contributed by atoms with Crippen LogP contribution in [0.1, 0.15) is 10.4 Å². The van der Waals surface area contributed by atoms with Gasteiger partial charge in [0.2, 0.25) is 0 Å². The van der Waals surface area contributed by atoms with Gasteiger partial charge >= 0.3 is 5.97 Å². The molecule has 0 saturated heterocycles. The van der Waals surface area contributed by atoms with Gasteiger partial charge in [-0.1, -0.05) is 35.9 Å². The van der Waals surface area contributed by atoms with E-state index in [4.69, 9.17) is 16.3 Å². The number of halogens is 1. The van der Waals surface area contributed by atoms with Crippen molar-refractivity contribution in [3.8, 4) is 0 Å². The molecule has 0 aliphatic heterocycles. The minimum absolute atomic E-state index is 0.421. The maximum absolute atomic E-state index is 11.8. The van der Waals surface area contributed by atoms with E-state index in [1.807, 2.05) is 24.3 Å². The third kappa shape index (κ3) is 4.05. The highest BCUT2D eigenvalue weighted by atomic mass is 35.5. The van der Waals surface area contributed by atoms with Crippen LogP contribution < -0.4 is 10.6 Å². The van der Waals surface area contributed by atoms with Crippen molar-refractivity contribution < 1.29 is 9.53 Å². The number of esters is 1. The number of carbonyl (C=O) groups is 1. The lowest BCUT2D eigenvalue weighted by Crippen LogP contribution is -2.06. The van der Waals surface area contributed by atoms with E-state index in [2.05, 4.69) is 20.6 Å². The fourth-order valence-electron chi connectivity index (χ4n) is 2.21. The minimum atomic E-state index is -0.424. The van der Waals surface area contributed by atoms with Crippen LogP contribution in [-0.4, -0.2) is 23.0 Å². The highest BCUT2D eigenvalue weighted by Crippen LogP contribution is 2.26. The molecule has 0 saturated carbocycles. The number of methoxy groups -OCH3 is 1. The molecule has 0 amide bonds. The number of nitrogens with zero attached hydrogens (tertiary/aromatic N) is 2. The lowest BCUT2D eigenvalue weighted by Gasteiger charge is -2.11. The molecule has 7 heteroatoms. The Morgan fingerprint density at radius 2 is 1.56 bits per heavy atom. The number of ether oxygens (including phenoxy) is 1. The summed E-state index contributed by atoms with van der Waals surface area (Å²) in [5.74, 6) is 0.675. The summed E-state index contributed by atoms with van der Waals surface area (Å²) in [5.41, 5.74) is 1.75. The Kier molecular flexibility index (Phi) is 5.11. The second-order valence-electron chi connectivity index (χ2n) is 5.06. The summed E-state index contributed by atoms with van der Waals surface area (Å²) in [6, 6.07) is 16.1. The van der Waals surface area contributed by atoms with Gasteiger partial charge in [-0.25, -0.2) is 14.8 Å². The van der Waals surface area contributed by atoms with Crippen molar-refractivity contribution in [2.24, 2.45) is 0 Å². The zero-order valence-electron chi connectivity index (χ0n) is 13.4. The summed E-state index contributed by atoms with van der Waals surface area (Å²) in [6.45, 7) is 0. The lowest BCUT2D eigenvalue weighted by molar-refractivity contribution is 0.0602. The predicted molar refractivity (Wildman–Crippen MR) is 97.8 cm³/mol. The molecule has 6 nitrogen and oxygen atoms in total. The van der Waals surface area contributed by atoms with Gasteiger partial charge in [0.1, 0.15) is 18.0 Å². The fourth-order valence-corrected chi connectivity index (χ4v) is 2.40. The Morgan fingerprint density at radius 3 is 2.24 bits per heavy atom. The molecule has 0 aliphatic rings. The molecular formula is C18H15ClN4O2. The van der Waals surface area contributed by atoms with Crippen LogP contribution in [0.4, 0.5) is 23.0 Å². The van der Waals surface area contributed by atoms with Crippen LogP contribution in [0.15, 0.2) is 60.9 Å². The molecule has 0 spiro atoms. The third-order valence-electron chi connectivity index (χ3n) is 3.40. The van der Waals surface area contributed by atoms with E-state index in [1.54, 1.807) is 30.3 Å². The fraction of sp³-hybridized carbons (Fsp3) is 0.0556. The summed E-state index contributed by atoms with van der Waals surface area (Å²) < 4.78 is 4.79. The van der Waals surface area contributed by atoms with Crippen LogP contribution in [0.2, 0.25) is 5.02 Å². The average molecular weight is 355 g/mol. The molecule has 0 radical (unpaired) electrons. The van der Waals surface area contributed by atoms with Gasteiger partial charge in [-0.3, -0.25) is 0 Å². The van der Waals surface area contributed by atoms with Crippen LogP contribution in [0.5, 0.6) is 0 Å². The smallest absolute Gasteiger partial charge is 0.339 e. The van der Waals surface area contributed by atoms with E-state index in [9.17, 15) is 4.79 Å². The first-order valence-corrected chi connectivity index (χ1v) is 7.83. The van der Waals surface area contributed by atoms with Gasteiger partial charge in [-0.05, 0) is 24.3 Å². The Morgan fingerprint density at radius 1 is 0.960 bits per heavy atom. The van der Waals surface area contributed by atoms with Crippen LogP contribution in [0.3, 0.4) is 0 Å². The van der Waals surface area contributed by atoms with Gasteiger partial charge in [-0.15, -0.1) is 0 Å². The molecule has 0 aliphatic carbocycles. The first-order valence-electron chi connectivity index (χ1n) is 7.45. The Bertz CT molecular complexity index is 902. The lowest BCUT2D eigenvalue weighted by atomic mass is 10.2. The van der Waals surface area contributed by atoms with Gasteiger partial charge < -0.3 is 15.4 Å². The van der Waals surface area contributed by atoms with Crippen molar-refractivity contribution in [3.05, 3.63) is 71.5 Å². The summed E-state index contributed by atoms with van der Waals surface area (Å²) in [5, 5.41) is 6.83. The number of benzene rings is 2. The Balaban J connectivity index is 1.84. The number of para-hydroxylation sites is 2. The molecule has 126 valence electrons. The summed E-state index contributed by atoms with van der Waals surface area (Å²) in [6.07, 6.45) is 1.42. The summed E-state index contributed by atoms with van der Waals surface area (Å²) in [7, 11) is 1.34. The number of rotatable bonds is 5. The van der Waals surface area contributed by atoms with E-state index < -0.39 is 5.97 Å². The van der Waals surface area contributed by atoms with Gasteiger partial charge in [-0.2, -0.15) is 0 Å². The molecule has 0 bridgehead atoms. The predicted octanol–water partition coefficient (Wildman–Crippen LogP) is 4.40. The molecule has 25 heavy (non-hydrogen) atoms. The molecule has 3 aromatic rings. The molecule has 3 rings (SSSR count). The maximum Gasteiger partial charge on any atom is 0.339 e. The van der Waals surface area contributed by atoms with Crippen LogP contribution in [-0.2, 0) is 4.74 Å². The van der Waals surface area contributed by atoms with Crippen LogP contribution in [0, 0.1) is 0 Å². The van der Waals surface area contributed by atoms with Crippen molar-refractivity contribution in [1.29, 1.82) is 0 Å². The maximum atomic E-state index is 11.8. The second-order valence-corrected chi connectivity index (χ2v) is 5.46. The molecule has 2 aromatic carbocycles. The highest BCUT2D eigenvalue weighted by Gasteiger charge is 2.12. The van der Waals surface area contributed by atoms with E-state index in [1.165, 1.54) is 13.4 Å². The normalized spacial score (nSPS) is 10.2. The molecule has 0 unspecified atom stereocenters. The minimum Gasteiger partial charge on any atom is -0.465 e. The molecule has 0 atom stereocenters. The van der Waals surface area contributed by atoms with Crippen molar-refractivity contribution >= 4 is 40.6 Å². The first-order chi connectivity index (χ1) is 12.2. The average Bonchev–Trinajstić information content (AvgIpc) is 2.64. The number of hydrogen-bond acceptors (Lipinski definition) is 6. The van der Waals surface area contributed by atoms with Gasteiger partial charge in [0.25, 0.3) is 0 Å². The molecule has 1 heterocycles. The summed E-state index contributed by atoms with van der Waals surface area (Å²) in [4.78, 5) is 20.2. The van der Waals surface area contributed by atoms with E-state index in [0.717, 1.165) is 5.69 Å². The Hall–Kier alpha value is -3.12. The standard InChI is InChI=1S/C18H15ClN4O2/c1-25-18(24)12-6-2-4-8-14(12)22-16-10-17(21-11-20-16)23-15-9-5-3-7-13(15)19/h2-11H,1H3,(H2,20,21,22,23). The van der Waals surface area contributed by atoms with E-state index >= 15 is 0 Å². The monoisotopic (exact) mass is 354 g/mol. The first kappa shape index (κ1) is 16.7. The van der Waals surface area contributed by atoms with E-state index in [-0.39, 0.29) is 0 Å². The van der Waals surface area contributed by atoms with Crippen LogP contribution >= 0.6 is 11.6 Å². The van der Waals surface area contributed by atoms with Crippen LogP contribution in [0.25, 0.3) is 0 Å².